The molecular weight excluding hydrogens is 322 g/mol. The summed E-state index contributed by atoms with van der Waals surface area (Å²) in [6, 6.07) is 4.64. The Balaban J connectivity index is 2.19. The number of hydrogen-bond donors (Lipinski definition) is 1. The molecule has 0 spiro atoms. The molecule has 104 valence electrons. The van der Waals surface area contributed by atoms with Gasteiger partial charge in [-0.05, 0) is 53.3 Å². The van der Waals surface area contributed by atoms with Crippen LogP contribution in [0.5, 0.6) is 0 Å². The van der Waals surface area contributed by atoms with Gasteiger partial charge in [-0.1, -0.05) is 6.92 Å². The van der Waals surface area contributed by atoms with E-state index in [1.165, 1.54) is 15.0 Å². The lowest BCUT2D eigenvalue weighted by Crippen LogP contribution is -2.24. The molecule has 0 aliphatic carbocycles. The van der Waals surface area contributed by atoms with Crippen LogP contribution in [0.4, 0.5) is 0 Å². The minimum atomic E-state index is 0.351. The molecule has 1 unspecified atom stereocenters. The van der Waals surface area contributed by atoms with E-state index in [1.807, 2.05) is 18.7 Å². The SMILES string of the molecule is CCCNC(Cc1cc(C)nn1C)c1sccc1Br. The second-order valence-corrected chi connectivity index (χ2v) is 6.55. The number of aromatic nitrogens is 2. The topological polar surface area (TPSA) is 29.9 Å². The first-order valence-electron chi connectivity index (χ1n) is 6.57. The quantitative estimate of drug-likeness (QED) is 0.865. The van der Waals surface area contributed by atoms with Gasteiger partial charge in [0.05, 0.1) is 5.69 Å². The average molecular weight is 342 g/mol. The molecule has 0 saturated heterocycles. The first-order chi connectivity index (χ1) is 9.11. The summed E-state index contributed by atoms with van der Waals surface area (Å²) in [4.78, 5) is 1.37. The zero-order chi connectivity index (χ0) is 13.8. The van der Waals surface area contributed by atoms with Crippen molar-refractivity contribution in [3.8, 4) is 0 Å². The van der Waals surface area contributed by atoms with Crippen LogP contribution >= 0.6 is 27.3 Å². The van der Waals surface area contributed by atoms with E-state index in [2.05, 4.69) is 50.8 Å². The van der Waals surface area contributed by atoms with E-state index >= 15 is 0 Å². The number of halogens is 1. The molecule has 0 saturated carbocycles. The van der Waals surface area contributed by atoms with Crippen molar-refractivity contribution in [2.45, 2.75) is 32.7 Å². The van der Waals surface area contributed by atoms with Gasteiger partial charge >= 0.3 is 0 Å². The first kappa shape index (κ1) is 14.8. The Hall–Kier alpha value is -0.650. The average Bonchev–Trinajstić information content (AvgIpc) is 2.91. The molecular formula is C14H20BrN3S. The fourth-order valence-electron chi connectivity index (χ4n) is 2.19. The molecule has 19 heavy (non-hydrogen) atoms. The molecule has 1 N–H and O–H groups in total. The van der Waals surface area contributed by atoms with Crippen LogP contribution in [0.1, 0.15) is 35.7 Å². The lowest BCUT2D eigenvalue weighted by Gasteiger charge is -2.18. The van der Waals surface area contributed by atoms with E-state index < -0.39 is 0 Å². The summed E-state index contributed by atoms with van der Waals surface area (Å²) in [5.41, 5.74) is 2.35. The van der Waals surface area contributed by atoms with Crippen LogP contribution < -0.4 is 5.32 Å². The fraction of sp³-hybridized carbons (Fsp3) is 0.500. The van der Waals surface area contributed by atoms with Gasteiger partial charge in [0.15, 0.2) is 0 Å². The van der Waals surface area contributed by atoms with Crippen molar-refractivity contribution in [2.75, 3.05) is 6.54 Å². The van der Waals surface area contributed by atoms with Crippen LogP contribution in [0.25, 0.3) is 0 Å². The summed E-state index contributed by atoms with van der Waals surface area (Å²) in [6.07, 6.45) is 2.11. The highest BCUT2D eigenvalue weighted by Gasteiger charge is 2.17. The van der Waals surface area contributed by atoms with E-state index in [1.54, 1.807) is 11.3 Å². The second kappa shape index (κ2) is 6.68. The molecule has 2 rings (SSSR count). The standard InChI is InChI=1S/C14H20BrN3S/c1-4-6-16-13(14-12(15)5-7-19-14)9-11-8-10(2)17-18(11)3/h5,7-8,13,16H,4,6,9H2,1-3H3. The molecule has 2 heterocycles. The molecule has 2 aromatic heterocycles. The minimum absolute atomic E-state index is 0.351. The second-order valence-electron chi connectivity index (χ2n) is 4.74. The number of nitrogens with zero attached hydrogens (tertiary/aromatic N) is 2. The fourth-order valence-corrected chi connectivity index (χ4v) is 3.92. The van der Waals surface area contributed by atoms with Crippen LogP contribution in [-0.4, -0.2) is 16.3 Å². The Kier molecular flexibility index (Phi) is 5.19. The summed E-state index contributed by atoms with van der Waals surface area (Å²) in [5.74, 6) is 0. The van der Waals surface area contributed by atoms with Gasteiger partial charge in [0.2, 0.25) is 0 Å². The normalized spacial score (nSPS) is 12.8. The van der Waals surface area contributed by atoms with Crippen LogP contribution in [0.15, 0.2) is 22.0 Å². The van der Waals surface area contributed by atoms with Gasteiger partial charge in [-0.2, -0.15) is 5.10 Å². The summed E-state index contributed by atoms with van der Waals surface area (Å²) < 4.78 is 3.18. The molecule has 0 aliphatic rings. The smallest absolute Gasteiger partial charge is 0.0596 e. The van der Waals surface area contributed by atoms with Gasteiger partial charge in [0.25, 0.3) is 0 Å². The monoisotopic (exact) mass is 341 g/mol. The highest BCUT2D eigenvalue weighted by molar-refractivity contribution is 9.10. The van der Waals surface area contributed by atoms with Gasteiger partial charge in [-0.25, -0.2) is 0 Å². The van der Waals surface area contributed by atoms with Crippen molar-refractivity contribution in [1.29, 1.82) is 0 Å². The van der Waals surface area contributed by atoms with Crippen LogP contribution in [0.3, 0.4) is 0 Å². The maximum absolute atomic E-state index is 4.43. The summed E-state index contributed by atoms with van der Waals surface area (Å²) in [5, 5.41) is 10.2. The lowest BCUT2D eigenvalue weighted by molar-refractivity contribution is 0.517. The zero-order valence-electron chi connectivity index (χ0n) is 11.6. The predicted molar refractivity (Wildman–Crippen MR) is 84.7 cm³/mol. The zero-order valence-corrected chi connectivity index (χ0v) is 14.0. The molecule has 0 aliphatic heterocycles. The maximum Gasteiger partial charge on any atom is 0.0596 e. The minimum Gasteiger partial charge on any atom is -0.309 e. The molecule has 0 fully saturated rings. The van der Waals surface area contributed by atoms with E-state index in [4.69, 9.17) is 0 Å². The van der Waals surface area contributed by atoms with Gasteiger partial charge in [0.1, 0.15) is 0 Å². The maximum atomic E-state index is 4.43. The Morgan fingerprint density at radius 2 is 2.32 bits per heavy atom. The molecule has 5 heteroatoms. The lowest BCUT2D eigenvalue weighted by atomic mass is 10.1. The van der Waals surface area contributed by atoms with Crippen molar-refractivity contribution in [1.82, 2.24) is 15.1 Å². The van der Waals surface area contributed by atoms with Crippen molar-refractivity contribution in [3.05, 3.63) is 38.3 Å². The summed E-state index contributed by atoms with van der Waals surface area (Å²) >= 11 is 5.44. The van der Waals surface area contributed by atoms with E-state index in [9.17, 15) is 0 Å². The largest absolute Gasteiger partial charge is 0.309 e. The molecule has 1 atom stereocenters. The third-order valence-electron chi connectivity index (χ3n) is 3.11. The Bertz CT molecular complexity index is 533. The summed E-state index contributed by atoms with van der Waals surface area (Å²) in [6.45, 7) is 5.27. The molecule has 0 bridgehead atoms. The number of hydrogen-bond acceptors (Lipinski definition) is 3. The molecule has 0 amide bonds. The van der Waals surface area contributed by atoms with E-state index in [0.717, 1.165) is 25.1 Å². The first-order valence-corrected chi connectivity index (χ1v) is 8.25. The van der Waals surface area contributed by atoms with E-state index in [0.29, 0.717) is 6.04 Å². The Morgan fingerprint density at radius 3 is 2.84 bits per heavy atom. The highest BCUT2D eigenvalue weighted by atomic mass is 79.9. The molecule has 2 aromatic rings. The third kappa shape index (κ3) is 3.68. The third-order valence-corrected chi connectivity index (χ3v) is 5.10. The number of nitrogens with one attached hydrogen (secondary N) is 1. The van der Waals surface area contributed by atoms with Crippen LogP contribution in [0, 0.1) is 6.92 Å². The number of thiophene rings is 1. The van der Waals surface area contributed by atoms with E-state index in [-0.39, 0.29) is 0 Å². The Labute approximate surface area is 127 Å². The van der Waals surface area contributed by atoms with Gasteiger partial charge in [-0.3, -0.25) is 4.68 Å². The highest BCUT2D eigenvalue weighted by Crippen LogP contribution is 2.31. The molecule has 0 radical (unpaired) electrons. The molecule has 3 nitrogen and oxygen atoms in total. The summed E-state index contributed by atoms with van der Waals surface area (Å²) in [7, 11) is 2.02. The molecule has 0 aromatic carbocycles. The number of rotatable bonds is 6. The van der Waals surface area contributed by atoms with Crippen molar-refractivity contribution < 1.29 is 0 Å². The number of aryl methyl sites for hydroxylation is 2. The van der Waals surface area contributed by atoms with Crippen molar-refractivity contribution >= 4 is 27.3 Å². The van der Waals surface area contributed by atoms with Gasteiger partial charge in [0, 0.05) is 34.6 Å². The Morgan fingerprint density at radius 1 is 1.53 bits per heavy atom. The van der Waals surface area contributed by atoms with Crippen molar-refractivity contribution in [2.24, 2.45) is 7.05 Å². The van der Waals surface area contributed by atoms with Crippen LogP contribution in [-0.2, 0) is 13.5 Å². The van der Waals surface area contributed by atoms with Gasteiger partial charge < -0.3 is 5.32 Å². The predicted octanol–water partition coefficient (Wildman–Crippen LogP) is 3.84. The van der Waals surface area contributed by atoms with Crippen molar-refractivity contribution in [3.63, 3.8) is 0 Å². The van der Waals surface area contributed by atoms with Gasteiger partial charge in [-0.15, -0.1) is 11.3 Å². The van der Waals surface area contributed by atoms with Crippen LogP contribution in [0.2, 0.25) is 0 Å².